The maximum atomic E-state index is 12.0. The molecule has 8 nitrogen and oxygen atoms in total. The van der Waals surface area contributed by atoms with Gasteiger partial charge in [0, 0.05) is 29.7 Å². The lowest BCUT2D eigenvalue weighted by Gasteiger charge is -2.06. The van der Waals surface area contributed by atoms with E-state index in [1.165, 1.54) is 11.3 Å². The summed E-state index contributed by atoms with van der Waals surface area (Å²) in [6, 6.07) is 0. The number of rotatable bonds is 4. The molecule has 0 bridgehead atoms. The Bertz CT molecular complexity index is 821. The van der Waals surface area contributed by atoms with E-state index in [1.54, 1.807) is 24.9 Å². The second-order valence-electron chi connectivity index (χ2n) is 5.37. The second-order valence-corrected chi connectivity index (χ2v) is 6.59. The molecule has 2 rings (SSSR count). The largest absolute Gasteiger partial charge is 0.365 e. The van der Waals surface area contributed by atoms with Gasteiger partial charge < -0.3 is 16.4 Å². The van der Waals surface area contributed by atoms with Crippen LogP contribution in [-0.4, -0.2) is 27.5 Å². The minimum absolute atomic E-state index is 0.192. The lowest BCUT2D eigenvalue weighted by Crippen LogP contribution is -2.35. The van der Waals surface area contributed by atoms with Crippen molar-refractivity contribution in [3.05, 3.63) is 33.5 Å². The van der Waals surface area contributed by atoms with E-state index >= 15 is 0 Å². The average Bonchev–Trinajstić information content (AvgIpc) is 2.97. The van der Waals surface area contributed by atoms with E-state index in [4.69, 9.17) is 5.73 Å². The van der Waals surface area contributed by atoms with Crippen molar-refractivity contribution in [3.63, 3.8) is 0 Å². The van der Waals surface area contributed by atoms with E-state index in [9.17, 15) is 14.4 Å². The van der Waals surface area contributed by atoms with Crippen LogP contribution in [0, 0.1) is 20.8 Å². The molecule has 0 saturated carbocycles. The SMILES string of the molecule is Cc1sc(NC(=O)C(=O)NCc2cnn(C)c2C)c(C(N)=O)c1C. The van der Waals surface area contributed by atoms with Gasteiger partial charge in [-0.1, -0.05) is 0 Å². The van der Waals surface area contributed by atoms with Crippen LogP contribution in [0.15, 0.2) is 6.20 Å². The molecule has 128 valence electrons. The van der Waals surface area contributed by atoms with Gasteiger partial charge in [-0.2, -0.15) is 5.10 Å². The second kappa shape index (κ2) is 6.83. The predicted octanol–water partition coefficient (Wildman–Crippen LogP) is 0.761. The molecule has 9 heteroatoms. The van der Waals surface area contributed by atoms with Gasteiger partial charge in [0.15, 0.2) is 0 Å². The molecule has 0 fully saturated rings. The van der Waals surface area contributed by atoms with Crippen molar-refractivity contribution in [2.45, 2.75) is 27.3 Å². The van der Waals surface area contributed by atoms with Crippen molar-refractivity contribution >= 4 is 34.1 Å². The number of aromatic nitrogens is 2. The first-order valence-electron chi connectivity index (χ1n) is 7.18. The van der Waals surface area contributed by atoms with E-state index in [-0.39, 0.29) is 17.1 Å². The third-order valence-corrected chi connectivity index (χ3v) is 4.96. The molecule has 2 heterocycles. The topological polar surface area (TPSA) is 119 Å². The van der Waals surface area contributed by atoms with Crippen LogP contribution in [0.3, 0.4) is 0 Å². The summed E-state index contributed by atoms with van der Waals surface area (Å²) in [5.74, 6) is -2.28. The van der Waals surface area contributed by atoms with Crippen molar-refractivity contribution in [3.8, 4) is 0 Å². The molecule has 0 aliphatic carbocycles. The number of carbonyl (C=O) groups excluding carboxylic acids is 3. The number of hydrogen-bond donors (Lipinski definition) is 3. The Morgan fingerprint density at radius 1 is 1.25 bits per heavy atom. The number of amides is 3. The van der Waals surface area contributed by atoms with Crippen LogP contribution in [0.2, 0.25) is 0 Å². The smallest absolute Gasteiger partial charge is 0.314 e. The first-order chi connectivity index (χ1) is 11.2. The lowest BCUT2D eigenvalue weighted by molar-refractivity contribution is -0.136. The van der Waals surface area contributed by atoms with Gasteiger partial charge in [0.05, 0.1) is 11.8 Å². The maximum Gasteiger partial charge on any atom is 0.314 e. The summed E-state index contributed by atoms with van der Waals surface area (Å²) in [7, 11) is 1.79. The molecule has 0 spiro atoms. The highest BCUT2D eigenvalue weighted by Gasteiger charge is 2.22. The monoisotopic (exact) mass is 349 g/mol. The van der Waals surface area contributed by atoms with E-state index in [2.05, 4.69) is 15.7 Å². The van der Waals surface area contributed by atoms with Gasteiger partial charge in [-0.25, -0.2) is 0 Å². The number of primary amides is 1. The molecule has 0 unspecified atom stereocenters. The molecule has 2 aromatic heterocycles. The summed E-state index contributed by atoms with van der Waals surface area (Å²) in [4.78, 5) is 36.4. The zero-order valence-corrected chi connectivity index (χ0v) is 14.7. The molecular weight excluding hydrogens is 330 g/mol. The molecule has 2 aromatic rings. The Morgan fingerprint density at radius 2 is 1.92 bits per heavy atom. The molecule has 4 N–H and O–H groups in total. The number of hydrogen-bond acceptors (Lipinski definition) is 5. The third kappa shape index (κ3) is 3.46. The first kappa shape index (κ1) is 17.7. The summed E-state index contributed by atoms with van der Waals surface area (Å²) in [5, 5.41) is 9.34. The highest BCUT2D eigenvalue weighted by Crippen LogP contribution is 2.31. The first-order valence-corrected chi connectivity index (χ1v) is 8.00. The van der Waals surface area contributed by atoms with E-state index in [0.717, 1.165) is 16.1 Å². The molecule has 0 radical (unpaired) electrons. The Morgan fingerprint density at radius 3 is 2.46 bits per heavy atom. The van der Waals surface area contributed by atoms with Crippen molar-refractivity contribution in [1.29, 1.82) is 0 Å². The van der Waals surface area contributed by atoms with E-state index in [1.807, 2.05) is 13.8 Å². The molecule has 0 aromatic carbocycles. The van der Waals surface area contributed by atoms with Gasteiger partial charge in [0.25, 0.3) is 5.91 Å². The van der Waals surface area contributed by atoms with Crippen LogP contribution in [0.25, 0.3) is 0 Å². The van der Waals surface area contributed by atoms with Crippen molar-refractivity contribution < 1.29 is 14.4 Å². The quantitative estimate of drug-likeness (QED) is 0.706. The molecule has 0 aliphatic rings. The van der Waals surface area contributed by atoms with Crippen LogP contribution in [0.1, 0.15) is 32.1 Å². The highest BCUT2D eigenvalue weighted by molar-refractivity contribution is 7.17. The van der Waals surface area contributed by atoms with Crippen LogP contribution >= 0.6 is 11.3 Å². The molecule has 0 saturated heterocycles. The predicted molar refractivity (Wildman–Crippen MR) is 90.7 cm³/mol. The summed E-state index contributed by atoms with van der Waals surface area (Å²) < 4.78 is 1.68. The third-order valence-electron chi connectivity index (χ3n) is 3.84. The molecule has 0 atom stereocenters. The lowest BCUT2D eigenvalue weighted by atomic mass is 10.1. The maximum absolute atomic E-state index is 12.0. The van der Waals surface area contributed by atoms with Gasteiger partial charge >= 0.3 is 11.8 Å². The van der Waals surface area contributed by atoms with Crippen LogP contribution in [0.4, 0.5) is 5.00 Å². The Balaban J connectivity index is 2.05. The molecule has 0 aliphatic heterocycles. The summed E-state index contributed by atoms with van der Waals surface area (Å²) in [6.07, 6.45) is 1.63. The van der Waals surface area contributed by atoms with Crippen molar-refractivity contribution in [2.75, 3.05) is 5.32 Å². The number of thiophene rings is 1. The fourth-order valence-electron chi connectivity index (χ4n) is 2.15. The average molecular weight is 349 g/mol. The van der Waals surface area contributed by atoms with Gasteiger partial charge in [-0.3, -0.25) is 19.1 Å². The Hall–Kier alpha value is -2.68. The molecule has 24 heavy (non-hydrogen) atoms. The van der Waals surface area contributed by atoms with E-state index < -0.39 is 17.7 Å². The normalized spacial score (nSPS) is 10.5. The van der Waals surface area contributed by atoms with Crippen molar-refractivity contribution in [2.24, 2.45) is 12.8 Å². The van der Waals surface area contributed by atoms with Gasteiger partial charge in [-0.05, 0) is 26.3 Å². The van der Waals surface area contributed by atoms with Crippen LogP contribution in [0.5, 0.6) is 0 Å². The molecular formula is C15H19N5O3S. The summed E-state index contributed by atoms with van der Waals surface area (Å²) in [6.45, 7) is 5.61. The fourth-order valence-corrected chi connectivity index (χ4v) is 3.21. The Kier molecular flexibility index (Phi) is 5.03. The van der Waals surface area contributed by atoms with E-state index in [0.29, 0.717) is 5.56 Å². The van der Waals surface area contributed by atoms with Crippen LogP contribution in [-0.2, 0) is 23.2 Å². The van der Waals surface area contributed by atoms with Gasteiger partial charge in [0.1, 0.15) is 5.00 Å². The van der Waals surface area contributed by atoms with Gasteiger partial charge in [-0.15, -0.1) is 11.3 Å². The zero-order valence-electron chi connectivity index (χ0n) is 13.9. The number of aryl methyl sites for hydroxylation is 2. The zero-order chi connectivity index (χ0) is 18.0. The number of anilines is 1. The summed E-state index contributed by atoms with van der Waals surface area (Å²) in [5.41, 5.74) is 8.00. The number of nitrogens with two attached hydrogens (primary N) is 1. The minimum Gasteiger partial charge on any atom is -0.365 e. The minimum atomic E-state index is -0.847. The number of nitrogens with one attached hydrogen (secondary N) is 2. The van der Waals surface area contributed by atoms with Crippen molar-refractivity contribution in [1.82, 2.24) is 15.1 Å². The summed E-state index contributed by atoms with van der Waals surface area (Å²) >= 11 is 1.21. The number of nitrogens with zero attached hydrogens (tertiary/aromatic N) is 2. The Labute approximate surface area is 143 Å². The van der Waals surface area contributed by atoms with Gasteiger partial charge in [0.2, 0.25) is 0 Å². The fraction of sp³-hybridized carbons (Fsp3) is 0.333. The number of carbonyl (C=O) groups is 3. The van der Waals surface area contributed by atoms with Crippen LogP contribution < -0.4 is 16.4 Å². The molecule has 3 amide bonds. The standard InChI is InChI=1S/C15H19N5O3S/c1-7-9(3)24-15(11(7)12(16)21)19-14(23)13(22)17-5-10-6-18-20(4)8(10)2/h6H,5H2,1-4H3,(H2,16,21)(H,17,22)(H,19,23). The highest BCUT2D eigenvalue weighted by atomic mass is 32.1.